The molecule has 1 amide bonds. The Balaban J connectivity index is 1.64. The summed E-state index contributed by atoms with van der Waals surface area (Å²) < 4.78 is 0. The number of hydrogen-bond donors (Lipinski definition) is 1. The van der Waals surface area contributed by atoms with Crippen LogP contribution in [-0.2, 0) is 0 Å². The van der Waals surface area contributed by atoms with E-state index in [9.17, 15) is 4.79 Å². The Morgan fingerprint density at radius 3 is 2.76 bits per heavy atom. The van der Waals surface area contributed by atoms with Gasteiger partial charge >= 0.3 is 0 Å². The highest BCUT2D eigenvalue weighted by atomic mass is 35.5. The number of anilines is 1. The van der Waals surface area contributed by atoms with Crippen molar-refractivity contribution < 1.29 is 4.79 Å². The largest absolute Gasteiger partial charge is 0.298 e. The first-order valence-corrected chi connectivity index (χ1v) is 8.83. The fourth-order valence-corrected chi connectivity index (χ4v) is 3.53. The SMILES string of the molecule is O=C(Nc1nc(-c2cccc3ccccc23)cs1)c1cccnc1Cl. The number of benzene rings is 2. The van der Waals surface area contributed by atoms with E-state index in [1.165, 1.54) is 11.3 Å². The van der Waals surface area contributed by atoms with E-state index >= 15 is 0 Å². The Morgan fingerprint density at radius 1 is 1.04 bits per heavy atom. The molecule has 0 aliphatic heterocycles. The van der Waals surface area contributed by atoms with Crippen LogP contribution in [0.5, 0.6) is 0 Å². The highest BCUT2D eigenvalue weighted by molar-refractivity contribution is 7.14. The average Bonchev–Trinajstić information content (AvgIpc) is 3.10. The molecular weight excluding hydrogens is 354 g/mol. The number of carbonyl (C=O) groups is 1. The molecule has 2 heterocycles. The molecule has 0 unspecified atom stereocenters. The number of rotatable bonds is 3. The monoisotopic (exact) mass is 365 g/mol. The van der Waals surface area contributed by atoms with Crippen molar-refractivity contribution in [3.8, 4) is 11.3 Å². The third-order valence-electron chi connectivity index (χ3n) is 3.79. The number of hydrogen-bond acceptors (Lipinski definition) is 4. The summed E-state index contributed by atoms with van der Waals surface area (Å²) in [5, 5.41) is 7.69. The van der Waals surface area contributed by atoms with Crippen molar-refractivity contribution in [2.75, 3.05) is 5.32 Å². The summed E-state index contributed by atoms with van der Waals surface area (Å²) in [6.45, 7) is 0. The van der Waals surface area contributed by atoms with Gasteiger partial charge in [-0.25, -0.2) is 9.97 Å². The van der Waals surface area contributed by atoms with Crippen LogP contribution in [0.4, 0.5) is 5.13 Å². The normalized spacial score (nSPS) is 10.8. The molecule has 0 saturated heterocycles. The summed E-state index contributed by atoms with van der Waals surface area (Å²) in [5.41, 5.74) is 2.19. The lowest BCUT2D eigenvalue weighted by atomic mass is 10.0. The fourth-order valence-electron chi connectivity index (χ4n) is 2.62. The van der Waals surface area contributed by atoms with E-state index in [-0.39, 0.29) is 11.1 Å². The number of thiazole rings is 1. The molecule has 0 aliphatic carbocycles. The number of pyridine rings is 1. The zero-order valence-electron chi connectivity index (χ0n) is 12.9. The molecule has 0 saturated carbocycles. The third-order valence-corrected chi connectivity index (χ3v) is 4.85. The minimum atomic E-state index is -0.322. The smallest absolute Gasteiger partial charge is 0.260 e. The molecule has 0 bridgehead atoms. The standard InChI is InChI=1S/C19H12ClN3OS/c20-17-15(9-4-10-21-17)18(24)23-19-22-16(11-25-19)14-8-3-6-12-5-1-2-7-13(12)14/h1-11H,(H,22,23,24). The van der Waals surface area contributed by atoms with E-state index in [0.29, 0.717) is 10.7 Å². The summed E-state index contributed by atoms with van der Waals surface area (Å²) in [4.78, 5) is 20.8. The van der Waals surface area contributed by atoms with Crippen LogP contribution in [0.15, 0.2) is 66.2 Å². The molecule has 0 fully saturated rings. The molecular formula is C19H12ClN3OS. The summed E-state index contributed by atoms with van der Waals surface area (Å²) >= 11 is 7.34. The van der Waals surface area contributed by atoms with E-state index in [1.54, 1.807) is 18.3 Å². The molecule has 0 aliphatic rings. The first kappa shape index (κ1) is 15.7. The van der Waals surface area contributed by atoms with E-state index < -0.39 is 0 Å². The first-order chi connectivity index (χ1) is 12.2. The molecule has 2 aromatic carbocycles. The van der Waals surface area contributed by atoms with Gasteiger partial charge < -0.3 is 0 Å². The maximum Gasteiger partial charge on any atom is 0.260 e. The second-order valence-corrected chi connectivity index (χ2v) is 6.58. The van der Waals surface area contributed by atoms with Gasteiger partial charge in [-0.2, -0.15) is 0 Å². The lowest BCUT2D eigenvalue weighted by molar-refractivity contribution is 0.102. The van der Waals surface area contributed by atoms with Gasteiger partial charge in [-0.15, -0.1) is 11.3 Å². The Hall–Kier alpha value is -2.76. The second-order valence-electron chi connectivity index (χ2n) is 5.36. The van der Waals surface area contributed by atoms with Crippen molar-refractivity contribution in [3.63, 3.8) is 0 Å². The van der Waals surface area contributed by atoms with Crippen molar-refractivity contribution in [2.24, 2.45) is 0 Å². The molecule has 1 N–H and O–H groups in total. The van der Waals surface area contributed by atoms with E-state index in [1.807, 2.05) is 29.6 Å². The average molecular weight is 366 g/mol. The quantitative estimate of drug-likeness (QED) is 0.503. The maximum atomic E-state index is 12.3. The van der Waals surface area contributed by atoms with E-state index in [4.69, 9.17) is 11.6 Å². The molecule has 122 valence electrons. The topological polar surface area (TPSA) is 54.9 Å². The van der Waals surface area contributed by atoms with Crippen LogP contribution in [0.3, 0.4) is 0 Å². The van der Waals surface area contributed by atoms with Gasteiger partial charge in [-0.1, -0.05) is 54.1 Å². The van der Waals surface area contributed by atoms with E-state index in [0.717, 1.165) is 22.0 Å². The van der Waals surface area contributed by atoms with Crippen molar-refractivity contribution >= 4 is 44.7 Å². The van der Waals surface area contributed by atoms with Crippen LogP contribution in [0.1, 0.15) is 10.4 Å². The molecule has 6 heteroatoms. The van der Waals surface area contributed by atoms with Gasteiger partial charge in [0, 0.05) is 17.1 Å². The first-order valence-electron chi connectivity index (χ1n) is 7.58. The zero-order chi connectivity index (χ0) is 17.2. The van der Waals surface area contributed by atoms with Gasteiger partial charge in [-0.3, -0.25) is 10.1 Å². The molecule has 2 aromatic heterocycles. The number of halogens is 1. The number of amides is 1. The summed E-state index contributed by atoms with van der Waals surface area (Å²) in [7, 11) is 0. The van der Waals surface area contributed by atoms with Gasteiger partial charge in [0.15, 0.2) is 5.13 Å². The predicted molar refractivity (Wildman–Crippen MR) is 102 cm³/mol. The number of fused-ring (bicyclic) bond motifs is 1. The van der Waals surface area contributed by atoms with Gasteiger partial charge in [-0.05, 0) is 22.9 Å². The number of nitrogens with zero attached hydrogens (tertiary/aromatic N) is 2. The van der Waals surface area contributed by atoms with Crippen molar-refractivity contribution in [3.05, 3.63) is 76.9 Å². The lowest BCUT2D eigenvalue weighted by Gasteiger charge is -2.04. The fraction of sp³-hybridized carbons (Fsp3) is 0. The van der Waals surface area contributed by atoms with Gasteiger partial charge in [0.1, 0.15) is 5.15 Å². The van der Waals surface area contributed by atoms with Crippen LogP contribution in [-0.4, -0.2) is 15.9 Å². The van der Waals surface area contributed by atoms with Crippen LogP contribution in [0.2, 0.25) is 5.15 Å². The highest BCUT2D eigenvalue weighted by Gasteiger charge is 2.14. The number of carbonyl (C=O) groups excluding carboxylic acids is 1. The molecule has 0 spiro atoms. The van der Waals surface area contributed by atoms with Crippen molar-refractivity contribution in [1.82, 2.24) is 9.97 Å². The maximum absolute atomic E-state index is 12.3. The summed E-state index contributed by atoms with van der Waals surface area (Å²) in [5.74, 6) is -0.322. The molecule has 4 nitrogen and oxygen atoms in total. The van der Waals surface area contributed by atoms with Crippen LogP contribution in [0.25, 0.3) is 22.0 Å². The summed E-state index contributed by atoms with van der Waals surface area (Å²) in [6.07, 6.45) is 1.54. The van der Waals surface area contributed by atoms with E-state index in [2.05, 4.69) is 33.5 Å². The Morgan fingerprint density at radius 2 is 1.88 bits per heavy atom. The van der Waals surface area contributed by atoms with Crippen LogP contribution < -0.4 is 5.32 Å². The van der Waals surface area contributed by atoms with Gasteiger partial charge in [0.25, 0.3) is 5.91 Å². The zero-order valence-corrected chi connectivity index (χ0v) is 14.5. The van der Waals surface area contributed by atoms with Crippen molar-refractivity contribution in [2.45, 2.75) is 0 Å². The minimum Gasteiger partial charge on any atom is -0.298 e. The number of nitrogens with one attached hydrogen (secondary N) is 1. The molecule has 0 radical (unpaired) electrons. The Labute approximate surface area is 153 Å². The third kappa shape index (κ3) is 3.12. The van der Waals surface area contributed by atoms with Gasteiger partial charge in [0.2, 0.25) is 0 Å². The molecule has 4 rings (SSSR count). The Bertz CT molecular complexity index is 1070. The summed E-state index contributed by atoms with van der Waals surface area (Å²) in [6, 6.07) is 17.6. The Kier molecular flexibility index (Phi) is 4.17. The lowest BCUT2D eigenvalue weighted by Crippen LogP contribution is -2.12. The molecule has 25 heavy (non-hydrogen) atoms. The predicted octanol–water partition coefficient (Wildman–Crippen LogP) is 5.26. The molecule has 0 atom stereocenters. The number of aromatic nitrogens is 2. The van der Waals surface area contributed by atoms with Crippen molar-refractivity contribution in [1.29, 1.82) is 0 Å². The highest BCUT2D eigenvalue weighted by Crippen LogP contribution is 2.31. The van der Waals surface area contributed by atoms with Gasteiger partial charge in [0.05, 0.1) is 11.3 Å². The minimum absolute atomic E-state index is 0.172. The van der Waals surface area contributed by atoms with Crippen LogP contribution in [0, 0.1) is 0 Å². The van der Waals surface area contributed by atoms with Crippen LogP contribution >= 0.6 is 22.9 Å². The second kappa shape index (κ2) is 6.63. The molecule has 4 aromatic rings.